The van der Waals surface area contributed by atoms with Crippen molar-refractivity contribution in [2.75, 3.05) is 13.1 Å². The summed E-state index contributed by atoms with van der Waals surface area (Å²) in [4.78, 5) is 2.61. The van der Waals surface area contributed by atoms with E-state index < -0.39 is 0 Å². The van der Waals surface area contributed by atoms with Gasteiger partial charge in [0.1, 0.15) is 0 Å². The molecule has 0 aromatic heterocycles. The molecular formula is C10H17N. The summed E-state index contributed by atoms with van der Waals surface area (Å²) in [7, 11) is 0. The Morgan fingerprint density at radius 1 is 0.909 bits per heavy atom. The molecular weight excluding hydrogens is 134 g/mol. The fourth-order valence-corrected chi connectivity index (χ4v) is 2.24. The maximum atomic E-state index is 2.61. The summed E-state index contributed by atoms with van der Waals surface area (Å²) < 4.78 is 0. The maximum Gasteiger partial charge on any atom is 0.0169 e. The number of hydrogen-bond acceptors (Lipinski definition) is 1. The molecule has 0 bridgehead atoms. The average molecular weight is 151 g/mol. The summed E-state index contributed by atoms with van der Waals surface area (Å²) in [5, 5.41) is 0. The third kappa shape index (κ3) is 1.64. The first kappa shape index (κ1) is 7.35. The Kier molecular flexibility index (Phi) is 2.27. The van der Waals surface area contributed by atoms with Crippen LogP contribution in [0.4, 0.5) is 0 Å². The summed E-state index contributed by atoms with van der Waals surface area (Å²) in [5.41, 5.74) is 0. The molecule has 1 heteroatoms. The summed E-state index contributed by atoms with van der Waals surface area (Å²) in [5.74, 6) is 0. The van der Waals surface area contributed by atoms with Crippen LogP contribution in [0.25, 0.3) is 0 Å². The SMILES string of the molecule is C1=CCN(C2CCCCC2)C1. The lowest BCUT2D eigenvalue weighted by Gasteiger charge is -2.30. The van der Waals surface area contributed by atoms with Crippen LogP contribution >= 0.6 is 0 Å². The van der Waals surface area contributed by atoms with E-state index in [2.05, 4.69) is 17.1 Å². The van der Waals surface area contributed by atoms with Gasteiger partial charge in [0.05, 0.1) is 0 Å². The third-order valence-electron chi connectivity index (χ3n) is 2.94. The largest absolute Gasteiger partial charge is 0.293 e. The minimum Gasteiger partial charge on any atom is -0.293 e. The van der Waals surface area contributed by atoms with E-state index in [1.165, 1.54) is 45.2 Å². The molecule has 0 unspecified atom stereocenters. The standard InChI is InChI=1S/C10H17N/c1-2-6-10(7-3-1)11-8-4-5-9-11/h4-5,10H,1-3,6-9H2. The lowest BCUT2D eigenvalue weighted by molar-refractivity contribution is 0.199. The van der Waals surface area contributed by atoms with Gasteiger partial charge >= 0.3 is 0 Å². The van der Waals surface area contributed by atoms with E-state index in [0.717, 1.165) is 6.04 Å². The van der Waals surface area contributed by atoms with Gasteiger partial charge in [-0.05, 0) is 12.8 Å². The van der Waals surface area contributed by atoms with Gasteiger partial charge in [0.2, 0.25) is 0 Å². The van der Waals surface area contributed by atoms with Gasteiger partial charge < -0.3 is 0 Å². The molecule has 1 nitrogen and oxygen atoms in total. The van der Waals surface area contributed by atoms with Gasteiger partial charge in [-0.25, -0.2) is 0 Å². The molecule has 0 aromatic rings. The van der Waals surface area contributed by atoms with E-state index in [1.54, 1.807) is 0 Å². The zero-order chi connectivity index (χ0) is 7.52. The predicted molar refractivity (Wildman–Crippen MR) is 47.6 cm³/mol. The fourth-order valence-electron chi connectivity index (χ4n) is 2.24. The molecule has 11 heavy (non-hydrogen) atoms. The molecule has 1 fully saturated rings. The molecule has 0 spiro atoms. The topological polar surface area (TPSA) is 3.24 Å². The first-order chi connectivity index (χ1) is 5.47. The quantitative estimate of drug-likeness (QED) is 0.519. The lowest BCUT2D eigenvalue weighted by Crippen LogP contribution is -2.34. The number of nitrogens with zero attached hydrogens (tertiary/aromatic N) is 1. The van der Waals surface area contributed by atoms with Crippen LogP contribution in [0.3, 0.4) is 0 Å². The van der Waals surface area contributed by atoms with Crippen LogP contribution in [-0.4, -0.2) is 24.0 Å². The monoisotopic (exact) mass is 151 g/mol. The van der Waals surface area contributed by atoms with E-state index in [-0.39, 0.29) is 0 Å². The van der Waals surface area contributed by atoms with E-state index in [4.69, 9.17) is 0 Å². The summed E-state index contributed by atoms with van der Waals surface area (Å²) >= 11 is 0. The van der Waals surface area contributed by atoms with Crippen LogP contribution in [0, 0.1) is 0 Å². The molecule has 1 saturated carbocycles. The van der Waals surface area contributed by atoms with Crippen molar-refractivity contribution in [3.63, 3.8) is 0 Å². The van der Waals surface area contributed by atoms with E-state index in [1.807, 2.05) is 0 Å². The summed E-state index contributed by atoms with van der Waals surface area (Å²) in [6.45, 7) is 2.43. The van der Waals surface area contributed by atoms with E-state index in [0.29, 0.717) is 0 Å². The second-order valence-corrected chi connectivity index (χ2v) is 3.72. The third-order valence-corrected chi connectivity index (χ3v) is 2.94. The Balaban J connectivity index is 1.83. The molecule has 1 heterocycles. The second-order valence-electron chi connectivity index (χ2n) is 3.72. The van der Waals surface area contributed by atoms with E-state index in [9.17, 15) is 0 Å². The highest BCUT2D eigenvalue weighted by Crippen LogP contribution is 2.23. The van der Waals surface area contributed by atoms with Crippen molar-refractivity contribution < 1.29 is 0 Å². The Labute approximate surface area is 69.1 Å². The minimum atomic E-state index is 0.916. The van der Waals surface area contributed by atoms with Gasteiger partial charge in [-0.3, -0.25) is 4.90 Å². The predicted octanol–water partition coefficient (Wildman–Crippen LogP) is 2.19. The Morgan fingerprint density at radius 3 is 2.18 bits per heavy atom. The molecule has 0 radical (unpaired) electrons. The van der Waals surface area contributed by atoms with Crippen molar-refractivity contribution in [2.45, 2.75) is 38.1 Å². The molecule has 1 aliphatic carbocycles. The van der Waals surface area contributed by atoms with Crippen molar-refractivity contribution in [3.05, 3.63) is 12.2 Å². The fraction of sp³-hybridized carbons (Fsp3) is 0.800. The molecule has 62 valence electrons. The normalized spacial score (nSPS) is 28.0. The highest BCUT2D eigenvalue weighted by atomic mass is 15.2. The van der Waals surface area contributed by atoms with Crippen molar-refractivity contribution in [1.29, 1.82) is 0 Å². The number of rotatable bonds is 1. The first-order valence-corrected chi connectivity index (χ1v) is 4.86. The van der Waals surface area contributed by atoms with Gasteiger partial charge in [0.15, 0.2) is 0 Å². The van der Waals surface area contributed by atoms with Crippen LogP contribution in [-0.2, 0) is 0 Å². The van der Waals surface area contributed by atoms with Gasteiger partial charge in [-0.1, -0.05) is 31.4 Å². The van der Waals surface area contributed by atoms with Gasteiger partial charge in [-0.15, -0.1) is 0 Å². The molecule has 2 rings (SSSR count). The number of hydrogen-bond donors (Lipinski definition) is 0. The van der Waals surface area contributed by atoms with Crippen LogP contribution in [0.2, 0.25) is 0 Å². The van der Waals surface area contributed by atoms with Crippen LogP contribution in [0.15, 0.2) is 12.2 Å². The molecule has 2 aliphatic rings. The summed E-state index contributed by atoms with van der Waals surface area (Å²) in [6, 6.07) is 0.916. The highest BCUT2D eigenvalue weighted by molar-refractivity contribution is 4.97. The van der Waals surface area contributed by atoms with E-state index >= 15 is 0 Å². The molecule has 1 aliphatic heterocycles. The first-order valence-electron chi connectivity index (χ1n) is 4.86. The second kappa shape index (κ2) is 3.40. The molecule has 0 saturated heterocycles. The van der Waals surface area contributed by atoms with Crippen molar-refractivity contribution in [2.24, 2.45) is 0 Å². The van der Waals surface area contributed by atoms with Crippen LogP contribution < -0.4 is 0 Å². The Morgan fingerprint density at radius 2 is 1.55 bits per heavy atom. The van der Waals surface area contributed by atoms with Gasteiger partial charge in [0.25, 0.3) is 0 Å². The highest BCUT2D eigenvalue weighted by Gasteiger charge is 2.20. The summed E-state index contributed by atoms with van der Waals surface area (Å²) in [6.07, 6.45) is 11.9. The zero-order valence-electron chi connectivity index (χ0n) is 7.13. The molecule has 0 aromatic carbocycles. The maximum absolute atomic E-state index is 2.61. The minimum absolute atomic E-state index is 0.916. The molecule has 0 N–H and O–H groups in total. The molecule has 0 amide bonds. The van der Waals surface area contributed by atoms with Crippen LogP contribution in [0.1, 0.15) is 32.1 Å². The van der Waals surface area contributed by atoms with Crippen molar-refractivity contribution in [1.82, 2.24) is 4.90 Å². The zero-order valence-corrected chi connectivity index (χ0v) is 7.13. The Hall–Kier alpha value is -0.300. The smallest absolute Gasteiger partial charge is 0.0169 e. The van der Waals surface area contributed by atoms with Crippen molar-refractivity contribution >= 4 is 0 Å². The lowest BCUT2D eigenvalue weighted by atomic mass is 9.94. The van der Waals surface area contributed by atoms with Gasteiger partial charge in [0, 0.05) is 19.1 Å². The molecule has 0 atom stereocenters. The van der Waals surface area contributed by atoms with Crippen LogP contribution in [0.5, 0.6) is 0 Å². The van der Waals surface area contributed by atoms with Crippen molar-refractivity contribution in [3.8, 4) is 0 Å². The van der Waals surface area contributed by atoms with Gasteiger partial charge in [-0.2, -0.15) is 0 Å². The Bertz CT molecular complexity index is 137. The average Bonchev–Trinajstić information content (AvgIpc) is 2.58.